The van der Waals surface area contributed by atoms with Crippen LogP contribution in [0.5, 0.6) is 0 Å². The zero-order valence-electron chi connectivity index (χ0n) is 7.87. The van der Waals surface area contributed by atoms with Crippen molar-refractivity contribution in [3.05, 3.63) is 42.6 Å². The van der Waals surface area contributed by atoms with Crippen LogP contribution in [0.3, 0.4) is 0 Å². The Morgan fingerprint density at radius 2 is 2.20 bits per heavy atom. The highest BCUT2D eigenvalue weighted by atomic mass is 16.5. The first kappa shape index (κ1) is 8.16. The summed E-state index contributed by atoms with van der Waals surface area (Å²) in [6.07, 6.45) is 3.16. The number of rotatable bonds is 2. The molecule has 0 unspecified atom stereocenters. The van der Waals surface area contributed by atoms with Gasteiger partial charge in [-0.3, -0.25) is 0 Å². The van der Waals surface area contributed by atoms with E-state index in [4.69, 9.17) is 4.52 Å². The van der Waals surface area contributed by atoms with Crippen molar-refractivity contribution in [2.75, 3.05) is 0 Å². The largest absolute Gasteiger partial charge is 0.356 e. The molecule has 15 heavy (non-hydrogen) atoms. The second-order valence-electron chi connectivity index (χ2n) is 3.22. The summed E-state index contributed by atoms with van der Waals surface area (Å²) in [4.78, 5) is 3.88. The molecule has 0 aliphatic heterocycles. The Labute approximate surface area is 85.3 Å². The molecule has 0 bridgehead atoms. The molecule has 3 rings (SSSR count). The molecule has 0 radical (unpaired) electrons. The van der Waals surface area contributed by atoms with Crippen LogP contribution in [0.1, 0.15) is 5.69 Å². The quantitative estimate of drug-likeness (QED) is 0.628. The van der Waals surface area contributed by atoms with Crippen molar-refractivity contribution < 1.29 is 4.52 Å². The summed E-state index contributed by atoms with van der Waals surface area (Å²) in [5.74, 6) is 0. The minimum absolute atomic E-state index is 0.580. The van der Waals surface area contributed by atoms with Crippen molar-refractivity contribution in [2.45, 2.75) is 6.54 Å². The van der Waals surface area contributed by atoms with E-state index >= 15 is 0 Å². The number of hydrogen-bond donors (Lipinski definition) is 0. The molecule has 0 N–H and O–H groups in total. The molecule has 5 heteroatoms. The number of fused-ring (bicyclic) bond motifs is 1. The van der Waals surface area contributed by atoms with Gasteiger partial charge in [0.2, 0.25) is 0 Å². The molecule has 2 aromatic heterocycles. The third-order valence-corrected chi connectivity index (χ3v) is 2.23. The van der Waals surface area contributed by atoms with Crippen molar-refractivity contribution in [1.29, 1.82) is 0 Å². The minimum atomic E-state index is 0.580. The average Bonchev–Trinajstić information content (AvgIpc) is 2.89. The van der Waals surface area contributed by atoms with Gasteiger partial charge in [0, 0.05) is 5.39 Å². The fourth-order valence-corrected chi connectivity index (χ4v) is 1.52. The summed E-state index contributed by atoms with van der Waals surface area (Å²) in [5.41, 5.74) is 1.67. The number of hydrogen-bond acceptors (Lipinski definition) is 4. The van der Waals surface area contributed by atoms with Crippen LogP contribution in [-0.4, -0.2) is 19.9 Å². The molecule has 0 saturated carbocycles. The van der Waals surface area contributed by atoms with Gasteiger partial charge < -0.3 is 4.52 Å². The molecule has 0 amide bonds. The van der Waals surface area contributed by atoms with Crippen LogP contribution in [0.15, 0.2) is 41.4 Å². The lowest BCUT2D eigenvalue weighted by Gasteiger charge is -1.95. The Morgan fingerprint density at radius 3 is 3.07 bits per heavy atom. The smallest absolute Gasteiger partial charge is 0.167 e. The summed E-state index contributed by atoms with van der Waals surface area (Å²) in [6, 6.07) is 7.77. The normalized spacial score (nSPS) is 10.9. The zero-order chi connectivity index (χ0) is 10.1. The van der Waals surface area contributed by atoms with Crippen molar-refractivity contribution in [2.24, 2.45) is 0 Å². The van der Waals surface area contributed by atoms with Gasteiger partial charge in [-0.05, 0) is 12.1 Å². The van der Waals surface area contributed by atoms with E-state index in [0.717, 1.165) is 16.7 Å². The van der Waals surface area contributed by atoms with Crippen LogP contribution in [0.4, 0.5) is 0 Å². The summed E-state index contributed by atoms with van der Waals surface area (Å²) in [5, 5.41) is 9.05. The van der Waals surface area contributed by atoms with E-state index in [-0.39, 0.29) is 0 Å². The SMILES string of the molecule is c1ccc2c(Cn3cncn3)noc2c1. The number of benzene rings is 1. The molecule has 0 atom stereocenters. The fourth-order valence-electron chi connectivity index (χ4n) is 1.52. The fraction of sp³-hybridized carbons (Fsp3) is 0.100. The van der Waals surface area contributed by atoms with Gasteiger partial charge >= 0.3 is 0 Å². The maximum atomic E-state index is 5.19. The van der Waals surface area contributed by atoms with E-state index in [1.54, 1.807) is 11.0 Å². The molecule has 0 fully saturated rings. The monoisotopic (exact) mass is 200 g/mol. The first-order valence-electron chi connectivity index (χ1n) is 4.59. The molecule has 2 heterocycles. The third kappa shape index (κ3) is 1.38. The first-order chi connectivity index (χ1) is 7.43. The van der Waals surface area contributed by atoms with Gasteiger partial charge in [-0.2, -0.15) is 5.10 Å². The van der Waals surface area contributed by atoms with Gasteiger partial charge in [0.15, 0.2) is 5.58 Å². The predicted octanol–water partition coefficient (Wildman–Crippen LogP) is 1.47. The topological polar surface area (TPSA) is 56.7 Å². The molecular formula is C10H8N4O. The lowest BCUT2D eigenvalue weighted by atomic mass is 10.2. The summed E-state index contributed by atoms with van der Waals surface area (Å²) in [7, 11) is 0. The second-order valence-corrected chi connectivity index (χ2v) is 3.22. The zero-order valence-corrected chi connectivity index (χ0v) is 7.87. The average molecular weight is 200 g/mol. The van der Waals surface area contributed by atoms with Crippen LogP contribution in [0, 0.1) is 0 Å². The van der Waals surface area contributed by atoms with E-state index < -0.39 is 0 Å². The molecule has 1 aromatic carbocycles. The van der Waals surface area contributed by atoms with Gasteiger partial charge in [0.05, 0.1) is 6.54 Å². The number of nitrogens with zero attached hydrogens (tertiary/aromatic N) is 4. The van der Waals surface area contributed by atoms with Crippen molar-refractivity contribution in [1.82, 2.24) is 19.9 Å². The Balaban J connectivity index is 2.05. The van der Waals surface area contributed by atoms with E-state index in [1.807, 2.05) is 24.3 Å². The van der Waals surface area contributed by atoms with Crippen LogP contribution in [0.25, 0.3) is 11.0 Å². The Hall–Kier alpha value is -2.17. The Morgan fingerprint density at radius 1 is 1.27 bits per heavy atom. The molecular weight excluding hydrogens is 192 g/mol. The second kappa shape index (κ2) is 3.20. The van der Waals surface area contributed by atoms with E-state index in [2.05, 4.69) is 15.2 Å². The molecule has 3 aromatic rings. The highest BCUT2D eigenvalue weighted by Gasteiger charge is 2.07. The van der Waals surface area contributed by atoms with E-state index in [9.17, 15) is 0 Å². The molecule has 0 aliphatic carbocycles. The number of aromatic nitrogens is 4. The first-order valence-corrected chi connectivity index (χ1v) is 4.59. The Kier molecular flexibility index (Phi) is 1.74. The summed E-state index contributed by atoms with van der Waals surface area (Å²) < 4.78 is 6.90. The van der Waals surface area contributed by atoms with Crippen LogP contribution >= 0.6 is 0 Å². The van der Waals surface area contributed by atoms with Crippen LogP contribution < -0.4 is 0 Å². The Bertz CT molecular complexity index is 570. The lowest BCUT2D eigenvalue weighted by molar-refractivity contribution is 0.440. The highest BCUT2D eigenvalue weighted by molar-refractivity contribution is 5.79. The maximum absolute atomic E-state index is 5.19. The van der Waals surface area contributed by atoms with E-state index in [1.165, 1.54) is 6.33 Å². The maximum Gasteiger partial charge on any atom is 0.167 e. The highest BCUT2D eigenvalue weighted by Crippen LogP contribution is 2.17. The summed E-state index contributed by atoms with van der Waals surface area (Å²) in [6.45, 7) is 0.580. The number of para-hydroxylation sites is 1. The van der Waals surface area contributed by atoms with Gasteiger partial charge in [-0.15, -0.1) is 0 Å². The van der Waals surface area contributed by atoms with Crippen molar-refractivity contribution in [3.8, 4) is 0 Å². The van der Waals surface area contributed by atoms with Crippen LogP contribution in [-0.2, 0) is 6.54 Å². The minimum Gasteiger partial charge on any atom is -0.356 e. The molecule has 0 saturated heterocycles. The molecule has 0 spiro atoms. The lowest BCUT2D eigenvalue weighted by Crippen LogP contribution is -2.00. The molecule has 5 nitrogen and oxygen atoms in total. The summed E-state index contributed by atoms with van der Waals surface area (Å²) >= 11 is 0. The predicted molar refractivity (Wildman–Crippen MR) is 53.1 cm³/mol. The van der Waals surface area contributed by atoms with Gasteiger partial charge in [0.1, 0.15) is 18.3 Å². The molecule has 0 aliphatic rings. The van der Waals surface area contributed by atoms with Crippen molar-refractivity contribution in [3.63, 3.8) is 0 Å². The van der Waals surface area contributed by atoms with Gasteiger partial charge in [0.25, 0.3) is 0 Å². The standard InChI is InChI=1S/C10H8N4O/c1-2-4-10-8(3-1)9(13-15-10)5-14-7-11-6-12-14/h1-4,6-7H,5H2. The van der Waals surface area contributed by atoms with Gasteiger partial charge in [-0.25, -0.2) is 9.67 Å². The third-order valence-electron chi connectivity index (χ3n) is 2.23. The van der Waals surface area contributed by atoms with E-state index in [0.29, 0.717) is 6.54 Å². The van der Waals surface area contributed by atoms with Gasteiger partial charge in [-0.1, -0.05) is 17.3 Å². The van der Waals surface area contributed by atoms with Crippen LogP contribution in [0.2, 0.25) is 0 Å². The van der Waals surface area contributed by atoms with Crippen molar-refractivity contribution >= 4 is 11.0 Å². The molecule has 74 valence electrons.